The lowest BCUT2D eigenvalue weighted by Gasteiger charge is -2.09. The molecular weight excluding hydrogens is 320 g/mol. The molecule has 0 saturated carbocycles. The predicted octanol–water partition coefficient (Wildman–Crippen LogP) is 3.68. The van der Waals surface area contributed by atoms with Crippen LogP contribution in [0, 0.1) is 0 Å². The van der Waals surface area contributed by atoms with Gasteiger partial charge in [-0.25, -0.2) is 0 Å². The molecule has 2 heterocycles. The lowest BCUT2D eigenvalue weighted by Crippen LogP contribution is -2.24. The average molecular weight is 338 g/mol. The number of para-hydroxylation sites is 1. The van der Waals surface area contributed by atoms with Crippen LogP contribution in [0.3, 0.4) is 0 Å². The highest BCUT2D eigenvalue weighted by atomic mass is 32.1. The molecule has 0 fully saturated rings. The van der Waals surface area contributed by atoms with E-state index in [1.165, 1.54) is 4.88 Å². The molecule has 0 radical (unpaired) electrons. The van der Waals surface area contributed by atoms with E-state index in [1.54, 1.807) is 24.6 Å². The second kappa shape index (κ2) is 7.75. The summed E-state index contributed by atoms with van der Waals surface area (Å²) >= 11 is 1.67. The van der Waals surface area contributed by atoms with E-state index >= 15 is 0 Å². The van der Waals surface area contributed by atoms with E-state index in [9.17, 15) is 4.79 Å². The first-order valence-electron chi connectivity index (χ1n) is 7.62. The van der Waals surface area contributed by atoms with Gasteiger partial charge >= 0.3 is 0 Å². The fourth-order valence-corrected chi connectivity index (χ4v) is 3.16. The van der Waals surface area contributed by atoms with Crippen molar-refractivity contribution in [2.24, 2.45) is 0 Å². The number of carbonyl (C=O) groups excluding carboxylic acids is 1. The molecule has 4 nitrogen and oxygen atoms in total. The third-order valence-corrected chi connectivity index (χ3v) is 4.55. The molecular formula is C19H18N2O2S. The Morgan fingerprint density at radius 3 is 2.88 bits per heavy atom. The van der Waals surface area contributed by atoms with Crippen LogP contribution in [0.2, 0.25) is 0 Å². The first kappa shape index (κ1) is 16.2. The number of ether oxygens (including phenoxy) is 1. The molecule has 0 saturated heterocycles. The minimum Gasteiger partial charge on any atom is -0.496 e. The van der Waals surface area contributed by atoms with E-state index < -0.39 is 0 Å². The summed E-state index contributed by atoms with van der Waals surface area (Å²) in [6.45, 7) is 0.459. The second-order valence-electron chi connectivity index (χ2n) is 5.32. The molecule has 1 aromatic carbocycles. The van der Waals surface area contributed by atoms with Crippen LogP contribution in [0.25, 0.3) is 10.4 Å². The number of hydrogen-bond acceptors (Lipinski definition) is 4. The Morgan fingerprint density at radius 2 is 2.08 bits per heavy atom. The quantitative estimate of drug-likeness (QED) is 0.746. The van der Waals surface area contributed by atoms with Crippen molar-refractivity contribution in [3.05, 3.63) is 71.4 Å². The zero-order valence-corrected chi connectivity index (χ0v) is 14.2. The summed E-state index contributed by atoms with van der Waals surface area (Å²) in [5.41, 5.74) is 2.93. The fourth-order valence-electron chi connectivity index (χ4n) is 2.45. The van der Waals surface area contributed by atoms with Crippen molar-refractivity contribution in [2.75, 3.05) is 7.11 Å². The summed E-state index contributed by atoms with van der Waals surface area (Å²) in [6, 6.07) is 13.7. The zero-order valence-electron chi connectivity index (χ0n) is 13.4. The van der Waals surface area contributed by atoms with Gasteiger partial charge in [-0.15, -0.1) is 11.3 Å². The second-order valence-corrected chi connectivity index (χ2v) is 6.27. The van der Waals surface area contributed by atoms with Gasteiger partial charge in [-0.1, -0.05) is 24.3 Å². The number of aromatic nitrogens is 1. The van der Waals surface area contributed by atoms with Crippen molar-refractivity contribution in [1.29, 1.82) is 0 Å². The molecule has 3 aromatic rings. The summed E-state index contributed by atoms with van der Waals surface area (Å²) in [5, 5.41) is 4.98. The Morgan fingerprint density at radius 1 is 1.21 bits per heavy atom. The van der Waals surface area contributed by atoms with Crippen LogP contribution in [-0.2, 0) is 17.8 Å². The third kappa shape index (κ3) is 4.00. The minimum atomic E-state index is -0.0407. The van der Waals surface area contributed by atoms with Crippen LogP contribution in [0.4, 0.5) is 0 Å². The topological polar surface area (TPSA) is 51.2 Å². The molecule has 0 unspecified atom stereocenters. The van der Waals surface area contributed by atoms with Gasteiger partial charge in [0.2, 0.25) is 5.91 Å². The molecule has 1 amide bonds. The van der Waals surface area contributed by atoms with Gasteiger partial charge in [0.05, 0.1) is 13.5 Å². The SMILES string of the molecule is COc1ccccc1CC(=O)NCc1cncc(-c2cccs2)c1. The summed E-state index contributed by atoms with van der Waals surface area (Å²) in [7, 11) is 1.61. The lowest BCUT2D eigenvalue weighted by atomic mass is 10.1. The standard InChI is InChI=1S/C19H18N2O2S/c1-23-17-6-3-2-5-15(17)10-19(22)21-12-14-9-16(13-20-11-14)18-7-4-8-24-18/h2-9,11,13H,10,12H2,1H3,(H,21,22). The Bertz CT molecular complexity index is 816. The van der Waals surface area contributed by atoms with E-state index in [2.05, 4.69) is 22.4 Å². The third-order valence-electron chi connectivity index (χ3n) is 3.63. The maximum atomic E-state index is 12.2. The molecule has 122 valence electrons. The van der Waals surface area contributed by atoms with Gasteiger partial charge in [0.25, 0.3) is 0 Å². The van der Waals surface area contributed by atoms with Gasteiger partial charge in [-0.3, -0.25) is 9.78 Å². The van der Waals surface area contributed by atoms with E-state index in [0.717, 1.165) is 22.4 Å². The number of rotatable bonds is 6. The number of nitrogens with zero attached hydrogens (tertiary/aromatic N) is 1. The number of hydrogen-bond donors (Lipinski definition) is 1. The normalized spacial score (nSPS) is 10.4. The average Bonchev–Trinajstić information content (AvgIpc) is 3.15. The number of benzene rings is 1. The molecule has 2 aromatic heterocycles. The van der Waals surface area contributed by atoms with Crippen molar-refractivity contribution < 1.29 is 9.53 Å². The van der Waals surface area contributed by atoms with Gasteiger partial charge in [0.15, 0.2) is 0 Å². The van der Waals surface area contributed by atoms with Crippen molar-refractivity contribution in [2.45, 2.75) is 13.0 Å². The van der Waals surface area contributed by atoms with Gasteiger partial charge < -0.3 is 10.1 Å². The number of pyridine rings is 1. The first-order valence-corrected chi connectivity index (χ1v) is 8.50. The summed E-state index contributed by atoms with van der Waals surface area (Å²) < 4.78 is 5.28. The van der Waals surface area contributed by atoms with Crippen LogP contribution < -0.4 is 10.1 Å². The molecule has 5 heteroatoms. The molecule has 0 aliphatic heterocycles. The fraction of sp³-hybridized carbons (Fsp3) is 0.158. The van der Waals surface area contributed by atoms with Gasteiger partial charge in [-0.05, 0) is 29.1 Å². The molecule has 0 bridgehead atoms. The highest BCUT2D eigenvalue weighted by Gasteiger charge is 2.08. The molecule has 0 aliphatic carbocycles. The van der Waals surface area contributed by atoms with E-state index in [1.807, 2.05) is 41.9 Å². The smallest absolute Gasteiger partial charge is 0.224 e. The van der Waals surface area contributed by atoms with Gasteiger partial charge in [0.1, 0.15) is 5.75 Å². The van der Waals surface area contributed by atoms with Crippen molar-refractivity contribution in [1.82, 2.24) is 10.3 Å². The van der Waals surface area contributed by atoms with Crippen molar-refractivity contribution in [3.8, 4) is 16.2 Å². The summed E-state index contributed by atoms with van der Waals surface area (Å²) in [6.07, 6.45) is 3.91. The van der Waals surface area contributed by atoms with Crippen LogP contribution in [0.5, 0.6) is 5.75 Å². The molecule has 3 rings (SSSR count). The Hall–Kier alpha value is -2.66. The molecule has 0 spiro atoms. The highest BCUT2D eigenvalue weighted by Crippen LogP contribution is 2.24. The van der Waals surface area contributed by atoms with Gasteiger partial charge in [-0.2, -0.15) is 0 Å². The number of thiophene rings is 1. The van der Waals surface area contributed by atoms with Crippen molar-refractivity contribution in [3.63, 3.8) is 0 Å². The van der Waals surface area contributed by atoms with Crippen LogP contribution >= 0.6 is 11.3 Å². The molecule has 0 atom stereocenters. The largest absolute Gasteiger partial charge is 0.496 e. The van der Waals surface area contributed by atoms with E-state index in [4.69, 9.17) is 4.74 Å². The van der Waals surface area contributed by atoms with Crippen LogP contribution in [0.1, 0.15) is 11.1 Å². The number of methoxy groups -OCH3 is 1. The number of amides is 1. The predicted molar refractivity (Wildman–Crippen MR) is 96.1 cm³/mol. The molecule has 24 heavy (non-hydrogen) atoms. The molecule has 1 N–H and O–H groups in total. The van der Waals surface area contributed by atoms with Gasteiger partial charge in [0, 0.05) is 34.9 Å². The zero-order chi connectivity index (χ0) is 16.8. The number of nitrogens with one attached hydrogen (secondary N) is 1. The van der Waals surface area contributed by atoms with E-state index in [-0.39, 0.29) is 5.91 Å². The summed E-state index contributed by atoms with van der Waals surface area (Å²) in [4.78, 5) is 17.6. The Kier molecular flexibility index (Phi) is 5.23. The highest BCUT2D eigenvalue weighted by molar-refractivity contribution is 7.13. The van der Waals surface area contributed by atoms with E-state index in [0.29, 0.717) is 13.0 Å². The number of carbonyl (C=O) groups is 1. The molecule has 0 aliphatic rings. The summed E-state index contributed by atoms with van der Waals surface area (Å²) in [5.74, 6) is 0.690. The van der Waals surface area contributed by atoms with Crippen LogP contribution in [0.15, 0.2) is 60.2 Å². The Balaban J connectivity index is 1.61. The minimum absolute atomic E-state index is 0.0407. The maximum absolute atomic E-state index is 12.2. The first-order chi connectivity index (χ1) is 11.8. The van der Waals surface area contributed by atoms with Crippen molar-refractivity contribution >= 4 is 17.2 Å². The monoisotopic (exact) mass is 338 g/mol. The maximum Gasteiger partial charge on any atom is 0.224 e. The Labute approximate surface area is 145 Å². The lowest BCUT2D eigenvalue weighted by molar-refractivity contribution is -0.120. The van der Waals surface area contributed by atoms with Crippen LogP contribution in [-0.4, -0.2) is 18.0 Å².